The summed E-state index contributed by atoms with van der Waals surface area (Å²) in [5.74, 6) is -0.480. The van der Waals surface area contributed by atoms with Gasteiger partial charge in [0.2, 0.25) is 5.91 Å². The Bertz CT molecular complexity index is 292. The third kappa shape index (κ3) is 5.52. The van der Waals surface area contributed by atoms with Crippen LogP contribution in [0.25, 0.3) is 0 Å². The molecule has 106 valence electrons. The summed E-state index contributed by atoms with van der Waals surface area (Å²) in [5.41, 5.74) is -0.510. The summed E-state index contributed by atoms with van der Waals surface area (Å²) in [4.78, 5) is 23.9. The first-order valence-electron chi connectivity index (χ1n) is 6.61. The number of rotatable bonds is 5. The molecule has 0 unspecified atom stereocenters. The van der Waals surface area contributed by atoms with Crippen LogP contribution >= 0.6 is 0 Å². The van der Waals surface area contributed by atoms with Gasteiger partial charge >= 0.3 is 5.97 Å². The van der Waals surface area contributed by atoms with Crippen LogP contribution in [0.5, 0.6) is 0 Å². The number of amides is 1. The first kappa shape index (κ1) is 16.9. The Hall–Kier alpha value is -1.06. The molecule has 0 heterocycles. The second-order valence-corrected chi connectivity index (χ2v) is 6.10. The lowest BCUT2D eigenvalue weighted by Crippen LogP contribution is -2.49. The van der Waals surface area contributed by atoms with Crippen molar-refractivity contribution in [2.45, 2.75) is 67.0 Å². The number of esters is 1. The van der Waals surface area contributed by atoms with Gasteiger partial charge in [0.05, 0.1) is 6.10 Å². The van der Waals surface area contributed by atoms with E-state index in [9.17, 15) is 9.59 Å². The van der Waals surface area contributed by atoms with Crippen molar-refractivity contribution in [3.63, 3.8) is 0 Å². The van der Waals surface area contributed by atoms with Gasteiger partial charge in [0.25, 0.3) is 0 Å². The van der Waals surface area contributed by atoms with Crippen molar-refractivity contribution in [1.82, 2.24) is 5.32 Å². The summed E-state index contributed by atoms with van der Waals surface area (Å²) in [7, 11) is 0. The van der Waals surface area contributed by atoms with Crippen LogP contribution in [0.2, 0.25) is 0 Å². The minimum atomic E-state index is -0.578. The zero-order chi connectivity index (χ0) is 14.5. The summed E-state index contributed by atoms with van der Waals surface area (Å²) in [6.07, 6.45) is 0.648. The van der Waals surface area contributed by atoms with E-state index in [2.05, 4.69) is 5.32 Å². The maximum atomic E-state index is 12.0. The van der Waals surface area contributed by atoms with E-state index >= 15 is 0 Å². The van der Waals surface area contributed by atoms with Crippen LogP contribution in [-0.4, -0.2) is 24.0 Å². The van der Waals surface area contributed by atoms with Crippen molar-refractivity contribution in [2.75, 3.05) is 0 Å². The highest BCUT2D eigenvalue weighted by molar-refractivity contribution is 5.87. The van der Waals surface area contributed by atoms with E-state index in [1.807, 2.05) is 48.5 Å². The fraction of sp³-hybridized carbons (Fsp3) is 0.857. The number of ether oxygens (including phenoxy) is 1. The van der Waals surface area contributed by atoms with E-state index in [4.69, 9.17) is 4.74 Å². The predicted molar refractivity (Wildman–Crippen MR) is 72.1 cm³/mol. The number of carbonyl (C=O) groups excluding carboxylic acids is 2. The Balaban J connectivity index is 4.68. The molecule has 0 aromatic carbocycles. The van der Waals surface area contributed by atoms with E-state index in [1.54, 1.807) is 0 Å². The molecule has 4 nitrogen and oxygen atoms in total. The maximum Gasteiger partial charge on any atom is 0.329 e. The van der Waals surface area contributed by atoms with Crippen molar-refractivity contribution < 1.29 is 14.3 Å². The third-order valence-electron chi connectivity index (χ3n) is 2.78. The second-order valence-electron chi connectivity index (χ2n) is 6.10. The number of nitrogens with one attached hydrogen (secondary N) is 1. The molecule has 0 aromatic heterocycles. The fourth-order valence-electron chi connectivity index (χ4n) is 1.21. The molecule has 0 spiro atoms. The molecule has 1 amide bonds. The van der Waals surface area contributed by atoms with Gasteiger partial charge in [0.1, 0.15) is 6.04 Å². The maximum absolute atomic E-state index is 12.0. The van der Waals surface area contributed by atoms with Gasteiger partial charge in [-0.25, -0.2) is 4.79 Å². The molecule has 4 heteroatoms. The van der Waals surface area contributed by atoms with Gasteiger partial charge < -0.3 is 10.1 Å². The average molecular weight is 257 g/mol. The lowest BCUT2D eigenvalue weighted by Gasteiger charge is -2.26. The molecule has 0 fully saturated rings. The standard InChI is InChI=1S/C14H27NO3/c1-8-10(4)18-12(16)11(9(2)3)15-13(17)14(5,6)7/h9-11H,8H2,1-7H3,(H,15,17)/t10-,11-/m1/s1. The highest BCUT2D eigenvalue weighted by Crippen LogP contribution is 2.15. The summed E-state index contributed by atoms with van der Waals surface area (Å²) >= 11 is 0. The Kier molecular flexibility index (Phi) is 6.36. The molecule has 2 atom stereocenters. The van der Waals surface area contributed by atoms with Gasteiger partial charge in [-0.1, -0.05) is 41.5 Å². The topological polar surface area (TPSA) is 55.4 Å². The first-order chi connectivity index (χ1) is 8.09. The summed E-state index contributed by atoms with van der Waals surface area (Å²) in [6, 6.07) is -0.578. The normalized spacial score (nSPS) is 15.1. The molecule has 0 bridgehead atoms. The molecule has 0 aliphatic heterocycles. The number of hydrogen-bond donors (Lipinski definition) is 1. The molecule has 18 heavy (non-hydrogen) atoms. The van der Waals surface area contributed by atoms with Gasteiger partial charge in [-0.15, -0.1) is 0 Å². The molecule has 0 aliphatic carbocycles. The third-order valence-corrected chi connectivity index (χ3v) is 2.78. The quantitative estimate of drug-likeness (QED) is 0.770. The monoisotopic (exact) mass is 257 g/mol. The molecule has 0 aromatic rings. The largest absolute Gasteiger partial charge is 0.461 e. The molecule has 0 rings (SSSR count). The zero-order valence-corrected chi connectivity index (χ0v) is 12.7. The smallest absolute Gasteiger partial charge is 0.329 e. The van der Waals surface area contributed by atoms with E-state index < -0.39 is 11.5 Å². The zero-order valence-electron chi connectivity index (χ0n) is 12.7. The molecular formula is C14H27NO3. The van der Waals surface area contributed by atoms with Crippen LogP contribution in [0.1, 0.15) is 54.9 Å². The van der Waals surface area contributed by atoms with Crippen LogP contribution in [0.3, 0.4) is 0 Å². The molecule has 0 radical (unpaired) electrons. The molecule has 0 saturated carbocycles. The molecule has 1 N–H and O–H groups in total. The van der Waals surface area contributed by atoms with E-state index in [0.29, 0.717) is 0 Å². The molecule has 0 saturated heterocycles. The summed E-state index contributed by atoms with van der Waals surface area (Å²) < 4.78 is 5.28. The fourth-order valence-corrected chi connectivity index (χ4v) is 1.21. The number of hydrogen-bond acceptors (Lipinski definition) is 3. The van der Waals surface area contributed by atoms with Crippen molar-refractivity contribution in [2.24, 2.45) is 11.3 Å². The van der Waals surface area contributed by atoms with Crippen molar-refractivity contribution in [3.8, 4) is 0 Å². The van der Waals surface area contributed by atoms with Crippen molar-refractivity contribution in [1.29, 1.82) is 0 Å². The molecular weight excluding hydrogens is 230 g/mol. The number of carbonyl (C=O) groups is 2. The van der Waals surface area contributed by atoms with E-state index in [0.717, 1.165) is 6.42 Å². The average Bonchev–Trinajstić information content (AvgIpc) is 2.22. The SMILES string of the molecule is CC[C@@H](C)OC(=O)[C@H](NC(=O)C(C)(C)C)C(C)C. The van der Waals surface area contributed by atoms with Crippen LogP contribution in [0, 0.1) is 11.3 Å². The van der Waals surface area contributed by atoms with Crippen LogP contribution in [0.4, 0.5) is 0 Å². The van der Waals surface area contributed by atoms with Crippen molar-refractivity contribution in [3.05, 3.63) is 0 Å². The minimum Gasteiger partial charge on any atom is -0.461 e. The Morgan fingerprint density at radius 2 is 1.67 bits per heavy atom. The Labute approximate surface area is 110 Å². The van der Waals surface area contributed by atoms with Gasteiger partial charge in [-0.3, -0.25) is 4.79 Å². The highest BCUT2D eigenvalue weighted by atomic mass is 16.5. The van der Waals surface area contributed by atoms with Crippen LogP contribution in [0.15, 0.2) is 0 Å². The van der Waals surface area contributed by atoms with Gasteiger partial charge in [-0.05, 0) is 19.3 Å². The van der Waals surface area contributed by atoms with E-state index in [-0.39, 0.29) is 23.9 Å². The Morgan fingerprint density at radius 1 is 1.17 bits per heavy atom. The predicted octanol–water partition coefficient (Wildman–Crippen LogP) is 2.52. The van der Waals surface area contributed by atoms with Gasteiger partial charge in [-0.2, -0.15) is 0 Å². The Morgan fingerprint density at radius 3 is 2.00 bits per heavy atom. The second kappa shape index (κ2) is 6.76. The van der Waals surface area contributed by atoms with E-state index in [1.165, 1.54) is 0 Å². The lowest BCUT2D eigenvalue weighted by molar-refractivity contribution is -0.154. The summed E-state index contributed by atoms with van der Waals surface area (Å²) in [6.45, 7) is 13.0. The van der Waals surface area contributed by atoms with Crippen molar-refractivity contribution >= 4 is 11.9 Å². The first-order valence-corrected chi connectivity index (χ1v) is 6.61. The minimum absolute atomic E-state index is 0.00727. The van der Waals surface area contributed by atoms with Crippen LogP contribution in [-0.2, 0) is 14.3 Å². The highest BCUT2D eigenvalue weighted by Gasteiger charge is 2.30. The van der Waals surface area contributed by atoms with Gasteiger partial charge in [0, 0.05) is 5.41 Å². The lowest BCUT2D eigenvalue weighted by atomic mass is 9.94. The van der Waals surface area contributed by atoms with Gasteiger partial charge in [0.15, 0.2) is 0 Å². The summed E-state index contributed by atoms with van der Waals surface area (Å²) in [5, 5.41) is 2.77. The van der Waals surface area contributed by atoms with Crippen LogP contribution < -0.4 is 5.32 Å². The molecule has 0 aliphatic rings.